The summed E-state index contributed by atoms with van der Waals surface area (Å²) in [6, 6.07) is 27.1. The first kappa shape index (κ1) is 13.1. The summed E-state index contributed by atoms with van der Waals surface area (Å²) < 4.78 is 4.35. The minimum Gasteiger partial charge on any atom is -0.302 e. The summed E-state index contributed by atoms with van der Waals surface area (Å²) in [6.07, 6.45) is 4.22. The van der Waals surface area contributed by atoms with E-state index in [9.17, 15) is 0 Å². The van der Waals surface area contributed by atoms with E-state index in [4.69, 9.17) is 4.98 Å². The monoisotopic (exact) mass is 309 g/mol. The number of aromatic nitrogens is 3. The van der Waals surface area contributed by atoms with Gasteiger partial charge in [-0.2, -0.15) is 0 Å². The second-order valence-corrected chi connectivity index (χ2v) is 5.85. The molecule has 0 saturated carbocycles. The largest absolute Gasteiger partial charge is 0.302 e. The van der Waals surface area contributed by atoms with Crippen LogP contribution in [0.3, 0.4) is 0 Å². The third-order valence-electron chi connectivity index (χ3n) is 4.39. The topological polar surface area (TPSA) is 22.2 Å². The molecule has 0 N–H and O–H groups in total. The minimum atomic E-state index is 0.948. The van der Waals surface area contributed by atoms with Crippen LogP contribution in [0.15, 0.2) is 91.3 Å². The van der Waals surface area contributed by atoms with Gasteiger partial charge in [-0.1, -0.05) is 54.6 Å². The lowest BCUT2D eigenvalue weighted by atomic mass is 10.2. The first-order chi connectivity index (χ1) is 11.9. The zero-order chi connectivity index (χ0) is 15.9. The smallest absolute Gasteiger partial charge is 0.139 e. The quantitative estimate of drug-likeness (QED) is 0.452. The van der Waals surface area contributed by atoms with Crippen LogP contribution in [0.25, 0.3) is 33.6 Å². The van der Waals surface area contributed by atoms with Crippen molar-refractivity contribution < 1.29 is 0 Å². The second-order valence-electron chi connectivity index (χ2n) is 5.85. The van der Waals surface area contributed by atoms with Crippen LogP contribution >= 0.6 is 0 Å². The average molecular weight is 309 g/mol. The lowest BCUT2D eigenvalue weighted by Gasteiger charge is -2.08. The first-order valence-corrected chi connectivity index (χ1v) is 8.00. The van der Waals surface area contributed by atoms with Gasteiger partial charge in [-0.15, -0.1) is 0 Å². The number of fused-ring (bicyclic) bond motifs is 2. The number of rotatable bonds is 2. The Bertz CT molecular complexity index is 1150. The summed E-state index contributed by atoms with van der Waals surface area (Å²) in [5.74, 6) is 1.09. The van der Waals surface area contributed by atoms with Gasteiger partial charge in [0.1, 0.15) is 11.5 Å². The highest BCUT2D eigenvalue weighted by molar-refractivity contribution is 5.81. The molecule has 3 nitrogen and oxygen atoms in total. The van der Waals surface area contributed by atoms with Crippen molar-refractivity contribution in [2.75, 3.05) is 0 Å². The van der Waals surface area contributed by atoms with Gasteiger partial charge in [0.15, 0.2) is 0 Å². The molecule has 0 unspecified atom stereocenters. The van der Waals surface area contributed by atoms with E-state index in [0.29, 0.717) is 0 Å². The summed E-state index contributed by atoms with van der Waals surface area (Å²) in [6.45, 7) is 0. The molecule has 0 radical (unpaired) electrons. The van der Waals surface area contributed by atoms with E-state index in [1.807, 2.05) is 24.3 Å². The molecule has 0 aliphatic heterocycles. The summed E-state index contributed by atoms with van der Waals surface area (Å²) in [4.78, 5) is 4.78. The summed E-state index contributed by atoms with van der Waals surface area (Å²) >= 11 is 0. The highest BCUT2D eigenvalue weighted by Gasteiger charge is 2.09. The van der Waals surface area contributed by atoms with Crippen LogP contribution < -0.4 is 0 Å². The fourth-order valence-electron chi connectivity index (χ4n) is 3.22. The maximum Gasteiger partial charge on any atom is 0.139 e. The highest BCUT2D eigenvalue weighted by Crippen LogP contribution is 2.24. The Morgan fingerprint density at radius 1 is 0.708 bits per heavy atom. The molecule has 0 atom stereocenters. The van der Waals surface area contributed by atoms with E-state index in [-0.39, 0.29) is 0 Å². The van der Waals surface area contributed by atoms with Gasteiger partial charge < -0.3 is 4.57 Å². The Balaban J connectivity index is 1.76. The average Bonchev–Trinajstić information content (AvgIpc) is 3.26. The lowest BCUT2D eigenvalue weighted by molar-refractivity contribution is 0.996. The Labute approximate surface area is 139 Å². The molecule has 3 heteroatoms. The number of benzene rings is 2. The van der Waals surface area contributed by atoms with Crippen molar-refractivity contribution in [2.24, 2.45) is 0 Å². The van der Waals surface area contributed by atoms with Crippen molar-refractivity contribution in [1.82, 2.24) is 14.0 Å². The van der Waals surface area contributed by atoms with Gasteiger partial charge in [0.25, 0.3) is 0 Å². The van der Waals surface area contributed by atoms with Crippen LogP contribution in [0.1, 0.15) is 0 Å². The van der Waals surface area contributed by atoms with Gasteiger partial charge in [-0.3, -0.25) is 4.40 Å². The molecule has 114 valence electrons. The zero-order valence-corrected chi connectivity index (χ0v) is 13.0. The fraction of sp³-hybridized carbons (Fsp3) is 0. The molecule has 5 rings (SSSR count). The number of hydrogen-bond donors (Lipinski definition) is 0. The van der Waals surface area contributed by atoms with Gasteiger partial charge in [-0.05, 0) is 29.7 Å². The Kier molecular flexibility index (Phi) is 2.79. The summed E-state index contributed by atoms with van der Waals surface area (Å²) in [7, 11) is 0. The maximum absolute atomic E-state index is 4.78. The maximum atomic E-state index is 4.78. The summed E-state index contributed by atoms with van der Waals surface area (Å²) in [5.41, 5.74) is 4.26. The fourth-order valence-corrected chi connectivity index (χ4v) is 3.22. The Morgan fingerprint density at radius 3 is 2.46 bits per heavy atom. The first-order valence-electron chi connectivity index (χ1n) is 8.00. The van der Waals surface area contributed by atoms with E-state index in [1.165, 1.54) is 10.9 Å². The molecule has 2 aromatic carbocycles. The molecule has 0 aliphatic rings. The number of para-hydroxylation sites is 1. The van der Waals surface area contributed by atoms with Gasteiger partial charge in [0, 0.05) is 18.0 Å². The molecule has 3 heterocycles. The van der Waals surface area contributed by atoms with E-state index in [0.717, 1.165) is 22.7 Å². The number of nitrogens with zero attached hydrogens (tertiary/aromatic N) is 3. The molecular formula is C21H15N3. The van der Waals surface area contributed by atoms with Crippen molar-refractivity contribution in [3.05, 3.63) is 91.3 Å². The number of hydrogen-bond acceptors (Lipinski definition) is 1. The molecule has 3 aromatic heterocycles. The number of imidazole rings is 1. The normalized spacial score (nSPS) is 11.3. The molecule has 0 aliphatic carbocycles. The summed E-state index contributed by atoms with van der Waals surface area (Å²) in [5, 5.41) is 1.23. The van der Waals surface area contributed by atoms with Gasteiger partial charge >= 0.3 is 0 Å². The van der Waals surface area contributed by atoms with Gasteiger partial charge in [-0.25, -0.2) is 4.98 Å². The van der Waals surface area contributed by atoms with E-state index < -0.39 is 0 Å². The SMILES string of the molecule is c1ccc(-c2cn3c(-n4ccc5ccccc54)cccc3n2)cc1. The van der Waals surface area contributed by atoms with Crippen LogP contribution in [0.4, 0.5) is 0 Å². The van der Waals surface area contributed by atoms with Crippen molar-refractivity contribution in [1.29, 1.82) is 0 Å². The second kappa shape index (κ2) is 5.10. The van der Waals surface area contributed by atoms with Crippen LogP contribution in [-0.2, 0) is 0 Å². The van der Waals surface area contributed by atoms with Crippen molar-refractivity contribution in [3.8, 4) is 17.1 Å². The molecule has 0 spiro atoms. The molecule has 24 heavy (non-hydrogen) atoms. The molecule has 0 amide bonds. The Morgan fingerprint density at radius 2 is 1.54 bits per heavy atom. The highest BCUT2D eigenvalue weighted by atomic mass is 15.1. The molecule has 0 saturated heterocycles. The van der Waals surface area contributed by atoms with E-state index in [1.54, 1.807) is 0 Å². The Hall–Kier alpha value is -3.33. The minimum absolute atomic E-state index is 0.948. The predicted molar refractivity (Wildman–Crippen MR) is 97.5 cm³/mol. The lowest BCUT2D eigenvalue weighted by Crippen LogP contribution is -1.99. The van der Waals surface area contributed by atoms with Crippen LogP contribution in [-0.4, -0.2) is 14.0 Å². The molecular weight excluding hydrogens is 294 g/mol. The zero-order valence-electron chi connectivity index (χ0n) is 13.0. The van der Waals surface area contributed by atoms with Crippen LogP contribution in [0.2, 0.25) is 0 Å². The predicted octanol–water partition coefficient (Wildman–Crippen LogP) is 4.95. The van der Waals surface area contributed by atoms with Crippen molar-refractivity contribution >= 4 is 16.6 Å². The van der Waals surface area contributed by atoms with E-state index in [2.05, 4.69) is 76.0 Å². The molecule has 0 fully saturated rings. The van der Waals surface area contributed by atoms with Crippen molar-refractivity contribution in [2.45, 2.75) is 0 Å². The standard InChI is InChI=1S/C21H15N3/c1-2-7-16(8-3-1)18-15-24-20(22-18)11-6-12-21(24)23-14-13-17-9-4-5-10-19(17)23/h1-15H. The van der Waals surface area contributed by atoms with Gasteiger partial charge in [0.05, 0.1) is 11.2 Å². The number of pyridine rings is 1. The van der Waals surface area contributed by atoms with Crippen molar-refractivity contribution in [3.63, 3.8) is 0 Å². The van der Waals surface area contributed by atoms with Gasteiger partial charge in [0.2, 0.25) is 0 Å². The molecule has 5 aromatic rings. The van der Waals surface area contributed by atoms with Crippen LogP contribution in [0.5, 0.6) is 0 Å². The molecule has 0 bridgehead atoms. The van der Waals surface area contributed by atoms with Crippen LogP contribution in [0, 0.1) is 0 Å². The third-order valence-corrected chi connectivity index (χ3v) is 4.39. The third kappa shape index (κ3) is 1.95. The van der Waals surface area contributed by atoms with E-state index >= 15 is 0 Å².